The molecular weight excluding hydrogens is 261 g/mol. The summed E-state index contributed by atoms with van der Waals surface area (Å²) in [5.74, 6) is 0. The minimum absolute atomic E-state index is 1.12. The third-order valence-electron chi connectivity index (χ3n) is 0.346. The standard InChI is InChI=1S/C2H4Se3/c1-3-2-5-4-1/h1-2H2. The van der Waals surface area contributed by atoms with E-state index in [1.165, 1.54) is 0 Å². The molecule has 1 rings (SSSR count). The second-order valence-electron chi connectivity index (χ2n) is 0.676. The van der Waals surface area contributed by atoms with Crippen molar-refractivity contribution >= 4 is 41.2 Å². The van der Waals surface area contributed by atoms with Crippen molar-refractivity contribution in [1.82, 2.24) is 0 Å². The van der Waals surface area contributed by atoms with Crippen LogP contribution in [-0.2, 0) is 0 Å². The van der Waals surface area contributed by atoms with Crippen molar-refractivity contribution in [3.05, 3.63) is 0 Å². The van der Waals surface area contributed by atoms with Crippen molar-refractivity contribution in [1.29, 1.82) is 0 Å². The molecule has 0 radical (unpaired) electrons. The van der Waals surface area contributed by atoms with Crippen LogP contribution in [0, 0.1) is 0 Å². The Labute approximate surface area is 49.5 Å². The zero-order chi connectivity index (χ0) is 3.54. The van der Waals surface area contributed by atoms with Crippen molar-refractivity contribution in [3.8, 4) is 0 Å². The van der Waals surface area contributed by atoms with Crippen LogP contribution in [0.2, 0.25) is 8.44 Å². The fraction of sp³-hybridized carbons (Fsp3) is 1.00. The van der Waals surface area contributed by atoms with E-state index in [9.17, 15) is 0 Å². The summed E-state index contributed by atoms with van der Waals surface area (Å²) in [5.41, 5.74) is 0. The first-order chi connectivity index (χ1) is 2.50. The fourth-order valence-electron chi connectivity index (χ4n) is 0.170. The Morgan fingerprint density at radius 3 is 1.80 bits per heavy atom. The Morgan fingerprint density at radius 2 is 1.60 bits per heavy atom. The van der Waals surface area contributed by atoms with Gasteiger partial charge in [0, 0.05) is 0 Å². The van der Waals surface area contributed by atoms with E-state index in [0.717, 1.165) is 41.2 Å². The quantitative estimate of drug-likeness (QED) is 0.531. The molecule has 0 unspecified atom stereocenters. The predicted molar refractivity (Wildman–Crippen MR) is 26.9 cm³/mol. The average molecular weight is 265 g/mol. The number of hydrogen-bond donors (Lipinski definition) is 0. The van der Waals surface area contributed by atoms with E-state index < -0.39 is 0 Å². The third-order valence-corrected chi connectivity index (χ3v) is 20.2. The molecule has 1 fully saturated rings. The van der Waals surface area contributed by atoms with Gasteiger partial charge in [0.15, 0.2) is 0 Å². The topological polar surface area (TPSA) is 0 Å². The van der Waals surface area contributed by atoms with Gasteiger partial charge in [0.25, 0.3) is 0 Å². The molecule has 0 bridgehead atoms. The Hall–Kier alpha value is 1.56. The number of rotatable bonds is 0. The van der Waals surface area contributed by atoms with E-state index in [1.807, 2.05) is 0 Å². The van der Waals surface area contributed by atoms with Gasteiger partial charge in [-0.2, -0.15) is 0 Å². The Bertz CT molecular complexity index is 16.5. The monoisotopic (exact) mass is 268 g/mol. The third kappa shape index (κ3) is 1.64. The molecule has 0 aliphatic carbocycles. The second kappa shape index (κ2) is 2.69. The maximum atomic E-state index is 1.65. The van der Waals surface area contributed by atoms with Crippen LogP contribution in [0.1, 0.15) is 0 Å². The van der Waals surface area contributed by atoms with Crippen LogP contribution >= 0.6 is 0 Å². The van der Waals surface area contributed by atoms with E-state index in [4.69, 9.17) is 0 Å². The maximum absolute atomic E-state index is 1.65. The molecule has 0 amide bonds. The summed E-state index contributed by atoms with van der Waals surface area (Å²) in [5, 5.41) is 0. The molecule has 0 atom stereocenters. The van der Waals surface area contributed by atoms with Crippen LogP contribution in [-0.4, -0.2) is 41.2 Å². The molecule has 1 aliphatic heterocycles. The van der Waals surface area contributed by atoms with Gasteiger partial charge in [-0.05, 0) is 0 Å². The van der Waals surface area contributed by atoms with Gasteiger partial charge in [0.1, 0.15) is 0 Å². The molecule has 0 N–H and O–H groups in total. The molecule has 0 aromatic carbocycles. The van der Waals surface area contributed by atoms with Crippen molar-refractivity contribution in [2.75, 3.05) is 0 Å². The van der Waals surface area contributed by atoms with Crippen LogP contribution in [0.3, 0.4) is 0 Å². The van der Waals surface area contributed by atoms with E-state index in [-0.39, 0.29) is 0 Å². The van der Waals surface area contributed by atoms with Gasteiger partial charge < -0.3 is 0 Å². The SMILES string of the molecule is C1[Se]C[Se][Se]1. The van der Waals surface area contributed by atoms with Crippen molar-refractivity contribution in [3.63, 3.8) is 0 Å². The zero-order valence-electron chi connectivity index (χ0n) is 2.64. The Balaban J connectivity index is 2.08. The van der Waals surface area contributed by atoms with Crippen LogP contribution in [0.15, 0.2) is 0 Å². The molecule has 3 heteroatoms. The van der Waals surface area contributed by atoms with Crippen LogP contribution in [0.25, 0.3) is 0 Å². The first-order valence-corrected chi connectivity index (χ1v) is 10.5. The molecule has 1 aliphatic rings. The van der Waals surface area contributed by atoms with Crippen molar-refractivity contribution in [2.45, 2.75) is 8.44 Å². The van der Waals surface area contributed by atoms with E-state index in [0.29, 0.717) is 0 Å². The number of hydrogen-bond acceptors (Lipinski definition) is 0. The molecule has 0 nitrogen and oxygen atoms in total. The summed E-state index contributed by atoms with van der Waals surface area (Å²) in [7, 11) is 0. The summed E-state index contributed by atoms with van der Waals surface area (Å²) in [4.78, 5) is 0. The van der Waals surface area contributed by atoms with Gasteiger partial charge in [-0.1, -0.05) is 0 Å². The van der Waals surface area contributed by atoms with E-state index in [2.05, 4.69) is 0 Å². The van der Waals surface area contributed by atoms with Gasteiger partial charge >= 0.3 is 49.7 Å². The molecular formula is C2H4Se3. The van der Waals surface area contributed by atoms with Gasteiger partial charge in [-0.3, -0.25) is 0 Å². The van der Waals surface area contributed by atoms with E-state index in [1.54, 1.807) is 8.44 Å². The first-order valence-electron chi connectivity index (χ1n) is 1.32. The predicted octanol–water partition coefficient (Wildman–Crippen LogP) is -0.221. The van der Waals surface area contributed by atoms with Crippen molar-refractivity contribution in [2.24, 2.45) is 0 Å². The van der Waals surface area contributed by atoms with Gasteiger partial charge in [0.05, 0.1) is 0 Å². The molecule has 0 saturated carbocycles. The van der Waals surface area contributed by atoms with Crippen molar-refractivity contribution < 1.29 is 0 Å². The van der Waals surface area contributed by atoms with Gasteiger partial charge in [0.2, 0.25) is 0 Å². The summed E-state index contributed by atoms with van der Waals surface area (Å²) in [6.45, 7) is 0. The van der Waals surface area contributed by atoms with Gasteiger partial charge in [-0.15, -0.1) is 0 Å². The minimum atomic E-state index is 1.12. The molecule has 30 valence electrons. The van der Waals surface area contributed by atoms with Crippen LogP contribution in [0.5, 0.6) is 0 Å². The summed E-state index contributed by atoms with van der Waals surface area (Å²) in [6.07, 6.45) is 0. The molecule has 1 saturated heterocycles. The fourth-order valence-corrected chi connectivity index (χ4v) is 23.9. The molecule has 0 aromatic rings. The molecule has 1 heterocycles. The molecule has 5 heavy (non-hydrogen) atoms. The Morgan fingerprint density at radius 1 is 1.00 bits per heavy atom. The van der Waals surface area contributed by atoms with Crippen LogP contribution < -0.4 is 0 Å². The Kier molecular flexibility index (Phi) is 2.53. The normalized spacial score (nSPS) is 24.0. The average Bonchev–Trinajstić information content (AvgIpc) is 1.76. The first kappa shape index (κ1) is 4.71. The molecule has 0 aromatic heterocycles. The van der Waals surface area contributed by atoms with Crippen LogP contribution in [0.4, 0.5) is 0 Å². The molecule has 0 spiro atoms. The summed E-state index contributed by atoms with van der Waals surface area (Å²) < 4.78 is 3.31. The summed E-state index contributed by atoms with van der Waals surface area (Å²) >= 11 is 3.44. The van der Waals surface area contributed by atoms with Gasteiger partial charge in [-0.25, -0.2) is 0 Å². The second-order valence-corrected chi connectivity index (χ2v) is 13.8. The van der Waals surface area contributed by atoms with E-state index >= 15 is 0 Å². The summed E-state index contributed by atoms with van der Waals surface area (Å²) in [6, 6.07) is 0. The zero-order valence-corrected chi connectivity index (χ0v) is 7.78.